The number of hydrogen-bond donors (Lipinski definition) is 2. The van der Waals surface area contributed by atoms with E-state index in [1.807, 2.05) is 12.1 Å². The molecule has 0 aliphatic carbocycles. The summed E-state index contributed by atoms with van der Waals surface area (Å²) >= 11 is 0. The molecule has 4 nitrogen and oxygen atoms in total. The smallest absolute Gasteiger partial charge is 0.320 e. The summed E-state index contributed by atoms with van der Waals surface area (Å²) in [6.07, 6.45) is 0.391. The van der Waals surface area contributed by atoms with Crippen LogP contribution in [-0.4, -0.2) is 38.1 Å². The second-order valence-corrected chi connectivity index (χ2v) is 12.2. The zero-order valence-electron chi connectivity index (χ0n) is 15.6. The van der Waals surface area contributed by atoms with Crippen molar-refractivity contribution < 1.29 is 14.3 Å². The van der Waals surface area contributed by atoms with Crippen molar-refractivity contribution in [2.24, 2.45) is 0 Å². The Balaban J connectivity index is 2.08. The van der Waals surface area contributed by atoms with Crippen LogP contribution in [0.4, 0.5) is 0 Å². The Hall–Kier alpha value is -1.95. The van der Waals surface area contributed by atoms with Crippen LogP contribution in [0.15, 0.2) is 60.7 Å². The van der Waals surface area contributed by atoms with Gasteiger partial charge in [-0.2, -0.15) is 0 Å². The van der Waals surface area contributed by atoms with E-state index in [1.54, 1.807) is 0 Å². The molecule has 1 aliphatic heterocycles. The monoisotopic (exact) mass is 369 g/mol. The summed E-state index contributed by atoms with van der Waals surface area (Å²) < 4.78 is 6.93. The molecule has 0 saturated carbocycles. The van der Waals surface area contributed by atoms with Crippen LogP contribution in [0.25, 0.3) is 0 Å². The first-order chi connectivity index (χ1) is 12.3. The SMILES string of the molecule is CC(C)(C)[Si](OC1CN[C@@H](C(=O)O)C1)(c1ccccc1)c1ccccc1. The van der Waals surface area contributed by atoms with Crippen molar-refractivity contribution in [3.8, 4) is 0 Å². The fraction of sp³-hybridized carbons (Fsp3) is 0.381. The largest absolute Gasteiger partial charge is 0.480 e. The van der Waals surface area contributed by atoms with E-state index in [0.717, 1.165) is 0 Å². The van der Waals surface area contributed by atoms with Gasteiger partial charge in [-0.25, -0.2) is 0 Å². The van der Waals surface area contributed by atoms with E-state index in [0.29, 0.717) is 13.0 Å². The molecule has 1 aliphatic rings. The Morgan fingerprint density at radius 2 is 1.54 bits per heavy atom. The van der Waals surface area contributed by atoms with Crippen LogP contribution in [0.3, 0.4) is 0 Å². The molecule has 3 rings (SSSR count). The van der Waals surface area contributed by atoms with Crippen molar-refractivity contribution in [1.82, 2.24) is 5.32 Å². The molecule has 0 spiro atoms. The molecule has 0 aromatic heterocycles. The Kier molecular flexibility index (Phi) is 5.32. The van der Waals surface area contributed by atoms with Gasteiger partial charge in [0.25, 0.3) is 8.32 Å². The Bertz CT molecular complexity index is 703. The van der Waals surface area contributed by atoms with Crippen LogP contribution >= 0.6 is 0 Å². The molecular weight excluding hydrogens is 342 g/mol. The van der Waals surface area contributed by atoms with Crippen LogP contribution in [0.5, 0.6) is 0 Å². The quantitative estimate of drug-likeness (QED) is 0.795. The molecular formula is C21H27NO3Si. The molecule has 2 atom stereocenters. The zero-order valence-corrected chi connectivity index (χ0v) is 16.6. The van der Waals surface area contributed by atoms with Crippen molar-refractivity contribution >= 4 is 24.7 Å². The summed E-state index contributed by atoms with van der Waals surface area (Å²) in [5.41, 5.74) is 0. The van der Waals surface area contributed by atoms with Gasteiger partial charge in [0, 0.05) is 6.54 Å². The standard InChI is InChI=1S/C21H27NO3Si/c1-21(2,3)26(17-10-6-4-7-11-17,18-12-8-5-9-13-18)25-16-14-19(20(23)24)22-15-16/h4-13,16,19,22H,14-15H2,1-3H3,(H,23,24)/t16?,19-/m1/s1. The van der Waals surface area contributed by atoms with Crippen molar-refractivity contribution in [3.05, 3.63) is 60.7 Å². The van der Waals surface area contributed by atoms with Gasteiger partial charge in [0.2, 0.25) is 0 Å². The summed E-state index contributed by atoms with van der Waals surface area (Å²) in [6.45, 7) is 7.27. The van der Waals surface area contributed by atoms with Gasteiger partial charge in [-0.1, -0.05) is 81.4 Å². The van der Waals surface area contributed by atoms with Crippen molar-refractivity contribution in [2.75, 3.05) is 6.54 Å². The topological polar surface area (TPSA) is 58.6 Å². The van der Waals surface area contributed by atoms with E-state index in [4.69, 9.17) is 4.43 Å². The highest BCUT2D eigenvalue weighted by atomic mass is 28.4. The van der Waals surface area contributed by atoms with Gasteiger partial charge in [0.05, 0.1) is 6.10 Å². The van der Waals surface area contributed by atoms with E-state index >= 15 is 0 Å². The van der Waals surface area contributed by atoms with E-state index in [-0.39, 0.29) is 11.1 Å². The van der Waals surface area contributed by atoms with Gasteiger partial charge < -0.3 is 14.8 Å². The van der Waals surface area contributed by atoms with E-state index in [2.05, 4.69) is 74.6 Å². The van der Waals surface area contributed by atoms with Gasteiger partial charge in [-0.3, -0.25) is 4.79 Å². The lowest BCUT2D eigenvalue weighted by Crippen LogP contribution is -2.67. The lowest BCUT2D eigenvalue weighted by molar-refractivity contribution is -0.139. The molecule has 0 bridgehead atoms. The molecule has 5 heteroatoms. The predicted octanol–water partition coefficient (Wildman–Crippen LogP) is 2.38. The zero-order chi connectivity index (χ0) is 18.8. The third kappa shape index (κ3) is 3.47. The summed E-state index contributed by atoms with van der Waals surface area (Å²) in [7, 11) is -2.61. The van der Waals surface area contributed by atoms with Crippen LogP contribution in [0.1, 0.15) is 27.2 Å². The number of benzene rings is 2. The minimum absolute atomic E-state index is 0.100. The average molecular weight is 370 g/mol. The number of carboxylic acids is 1. The Morgan fingerprint density at radius 3 is 1.92 bits per heavy atom. The lowest BCUT2D eigenvalue weighted by atomic mass is 10.2. The van der Waals surface area contributed by atoms with E-state index in [1.165, 1.54) is 10.4 Å². The number of aliphatic carboxylic acids is 1. The number of nitrogens with one attached hydrogen (secondary N) is 1. The fourth-order valence-electron chi connectivity index (χ4n) is 3.92. The average Bonchev–Trinajstić information content (AvgIpc) is 3.09. The molecule has 26 heavy (non-hydrogen) atoms. The lowest BCUT2D eigenvalue weighted by Gasteiger charge is -2.44. The molecule has 0 radical (unpaired) electrons. The molecule has 1 heterocycles. The molecule has 1 fully saturated rings. The minimum atomic E-state index is -2.61. The number of carboxylic acid groups (broad SMARTS) is 1. The van der Waals surface area contributed by atoms with Gasteiger partial charge in [-0.05, 0) is 21.8 Å². The van der Waals surface area contributed by atoms with Crippen LogP contribution < -0.4 is 15.7 Å². The molecule has 1 saturated heterocycles. The second kappa shape index (κ2) is 7.35. The van der Waals surface area contributed by atoms with Crippen molar-refractivity contribution in [1.29, 1.82) is 0 Å². The van der Waals surface area contributed by atoms with Gasteiger partial charge in [-0.15, -0.1) is 0 Å². The summed E-state index contributed by atoms with van der Waals surface area (Å²) in [5, 5.41) is 14.7. The Morgan fingerprint density at radius 1 is 1.04 bits per heavy atom. The number of carbonyl (C=O) groups is 1. The fourth-order valence-corrected chi connectivity index (χ4v) is 8.62. The normalized spacial score (nSPS) is 20.9. The highest BCUT2D eigenvalue weighted by Crippen LogP contribution is 2.38. The third-order valence-corrected chi connectivity index (χ3v) is 10.2. The van der Waals surface area contributed by atoms with Crippen LogP contribution in [0.2, 0.25) is 5.04 Å². The minimum Gasteiger partial charge on any atom is -0.480 e. The van der Waals surface area contributed by atoms with Gasteiger partial charge >= 0.3 is 5.97 Å². The first-order valence-corrected chi connectivity index (χ1v) is 11.0. The maximum atomic E-state index is 11.3. The molecule has 1 unspecified atom stereocenters. The summed E-state index contributed by atoms with van der Waals surface area (Å²) in [6, 6.07) is 20.4. The van der Waals surface area contributed by atoms with Crippen LogP contribution in [-0.2, 0) is 9.22 Å². The molecule has 2 aromatic carbocycles. The maximum Gasteiger partial charge on any atom is 0.320 e. The van der Waals surface area contributed by atoms with Crippen molar-refractivity contribution in [3.63, 3.8) is 0 Å². The molecule has 138 valence electrons. The van der Waals surface area contributed by atoms with E-state index < -0.39 is 20.3 Å². The molecule has 2 aromatic rings. The summed E-state index contributed by atoms with van der Waals surface area (Å²) in [5.74, 6) is -0.807. The highest BCUT2D eigenvalue weighted by molar-refractivity contribution is 6.99. The van der Waals surface area contributed by atoms with Gasteiger partial charge in [0.15, 0.2) is 0 Å². The molecule has 2 N–H and O–H groups in total. The third-order valence-electron chi connectivity index (χ3n) is 5.15. The molecule has 0 amide bonds. The number of rotatable bonds is 5. The highest BCUT2D eigenvalue weighted by Gasteiger charge is 2.52. The predicted molar refractivity (Wildman–Crippen MR) is 107 cm³/mol. The first kappa shape index (κ1) is 18.8. The second-order valence-electron chi connectivity index (χ2n) is 7.94. The van der Waals surface area contributed by atoms with E-state index in [9.17, 15) is 9.90 Å². The van der Waals surface area contributed by atoms with Crippen LogP contribution in [0, 0.1) is 0 Å². The first-order valence-electron chi connectivity index (χ1n) is 9.09. The van der Waals surface area contributed by atoms with Crippen molar-refractivity contribution in [2.45, 2.75) is 44.4 Å². The summed E-state index contributed by atoms with van der Waals surface area (Å²) in [4.78, 5) is 11.3. The maximum absolute atomic E-state index is 11.3. The Labute approximate surface area is 156 Å². The van der Waals surface area contributed by atoms with Gasteiger partial charge in [0.1, 0.15) is 6.04 Å². The number of hydrogen-bond acceptors (Lipinski definition) is 3.